The number of carbonyl (C=O) groups is 1. The second-order valence-electron chi connectivity index (χ2n) is 5.49. The fourth-order valence-electron chi connectivity index (χ4n) is 2.72. The van der Waals surface area contributed by atoms with E-state index in [4.69, 9.17) is 11.6 Å². The van der Waals surface area contributed by atoms with Crippen LogP contribution in [0.1, 0.15) is 23.2 Å². The molecule has 3 heterocycles. The Balaban J connectivity index is 1.45. The van der Waals surface area contributed by atoms with E-state index in [0.29, 0.717) is 15.8 Å². The smallest absolute Gasteiger partial charge is 0.252 e. The molecular weight excluding hydrogens is 318 g/mol. The highest BCUT2D eigenvalue weighted by Crippen LogP contribution is 2.23. The van der Waals surface area contributed by atoms with E-state index in [1.807, 2.05) is 24.5 Å². The van der Waals surface area contributed by atoms with Crippen LogP contribution in [0.3, 0.4) is 0 Å². The van der Waals surface area contributed by atoms with Gasteiger partial charge in [0.2, 0.25) is 0 Å². The minimum absolute atomic E-state index is 0.0280. The fraction of sp³-hybridized carbons (Fsp3) is 0.375. The molecule has 116 valence electrons. The quantitative estimate of drug-likeness (QED) is 0.930. The Labute approximate surface area is 139 Å². The van der Waals surface area contributed by atoms with Gasteiger partial charge in [0.05, 0.1) is 9.90 Å². The number of amides is 1. The van der Waals surface area contributed by atoms with Gasteiger partial charge in [-0.3, -0.25) is 9.78 Å². The molecule has 0 radical (unpaired) electrons. The van der Waals surface area contributed by atoms with Crippen LogP contribution in [0, 0.1) is 5.92 Å². The van der Waals surface area contributed by atoms with Gasteiger partial charge in [-0.25, -0.2) is 0 Å². The van der Waals surface area contributed by atoms with Crippen molar-refractivity contribution in [1.82, 2.24) is 10.3 Å². The zero-order valence-electron chi connectivity index (χ0n) is 12.2. The summed E-state index contributed by atoms with van der Waals surface area (Å²) in [4.78, 5) is 18.4. The molecule has 2 aromatic rings. The standard InChI is InChI=1S/C16H18ClN3OS/c17-15-9-13(11-22-15)16(21)19-10-12-3-7-20(8-4-12)14-1-5-18-6-2-14/h1-2,5-6,9,11-12H,3-4,7-8,10H2,(H,19,21). The molecule has 0 aromatic carbocycles. The first kappa shape index (κ1) is 15.3. The first-order valence-corrected chi connectivity index (χ1v) is 8.65. The number of hydrogen-bond acceptors (Lipinski definition) is 4. The second kappa shape index (κ2) is 7.11. The molecule has 0 spiro atoms. The molecule has 1 amide bonds. The van der Waals surface area contributed by atoms with E-state index in [2.05, 4.69) is 15.2 Å². The first-order chi connectivity index (χ1) is 10.7. The van der Waals surface area contributed by atoms with E-state index < -0.39 is 0 Å². The van der Waals surface area contributed by atoms with E-state index in [1.165, 1.54) is 17.0 Å². The van der Waals surface area contributed by atoms with Gasteiger partial charge in [0.15, 0.2) is 0 Å². The van der Waals surface area contributed by atoms with Crippen molar-refractivity contribution in [2.75, 3.05) is 24.5 Å². The summed E-state index contributed by atoms with van der Waals surface area (Å²) < 4.78 is 0.649. The number of rotatable bonds is 4. The van der Waals surface area contributed by atoms with Gasteiger partial charge in [0.1, 0.15) is 0 Å². The van der Waals surface area contributed by atoms with Gasteiger partial charge in [-0.15, -0.1) is 11.3 Å². The minimum atomic E-state index is -0.0280. The van der Waals surface area contributed by atoms with Crippen molar-refractivity contribution in [3.8, 4) is 0 Å². The van der Waals surface area contributed by atoms with Crippen molar-refractivity contribution in [1.29, 1.82) is 0 Å². The summed E-state index contributed by atoms with van der Waals surface area (Å²) in [6.45, 7) is 2.78. The summed E-state index contributed by atoms with van der Waals surface area (Å²) in [5.74, 6) is 0.510. The van der Waals surface area contributed by atoms with Gasteiger partial charge >= 0.3 is 0 Å². The Morgan fingerprint density at radius 1 is 1.36 bits per heavy atom. The number of carbonyl (C=O) groups excluding carboxylic acids is 1. The summed E-state index contributed by atoms with van der Waals surface area (Å²) in [5, 5.41) is 4.81. The summed E-state index contributed by atoms with van der Waals surface area (Å²) in [6, 6.07) is 5.80. The Kier molecular flexibility index (Phi) is 4.95. The van der Waals surface area contributed by atoms with Crippen LogP contribution in [0.2, 0.25) is 4.34 Å². The third kappa shape index (κ3) is 3.78. The van der Waals surface area contributed by atoms with E-state index >= 15 is 0 Å². The molecule has 3 rings (SSSR count). The lowest BCUT2D eigenvalue weighted by Gasteiger charge is -2.33. The van der Waals surface area contributed by atoms with Crippen molar-refractivity contribution in [2.24, 2.45) is 5.92 Å². The number of nitrogens with one attached hydrogen (secondary N) is 1. The molecule has 1 saturated heterocycles. The third-order valence-corrected chi connectivity index (χ3v) is 5.11. The van der Waals surface area contributed by atoms with E-state index in [9.17, 15) is 4.79 Å². The van der Waals surface area contributed by atoms with Crippen molar-refractivity contribution >= 4 is 34.5 Å². The molecule has 6 heteroatoms. The lowest BCUT2D eigenvalue weighted by Crippen LogP contribution is -2.38. The van der Waals surface area contributed by atoms with Gasteiger partial charge in [0, 0.05) is 43.1 Å². The first-order valence-electron chi connectivity index (χ1n) is 7.39. The zero-order chi connectivity index (χ0) is 15.4. The molecule has 1 aliphatic heterocycles. The van der Waals surface area contributed by atoms with Crippen LogP contribution in [0.15, 0.2) is 36.0 Å². The Morgan fingerprint density at radius 3 is 2.73 bits per heavy atom. The van der Waals surface area contributed by atoms with Gasteiger partial charge in [-0.05, 0) is 37.0 Å². The lowest BCUT2D eigenvalue weighted by molar-refractivity contribution is 0.0945. The SMILES string of the molecule is O=C(NCC1CCN(c2ccncc2)CC1)c1csc(Cl)c1. The van der Waals surface area contributed by atoms with Gasteiger partial charge in [-0.1, -0.05) is 11.6 Å². The molecular formula is C16H18ClN3OS. The number of aromatic nitrogens is 1. The average Bonchev–Trinajstić information content (AvgIpc) is 3.00. The summed E-state index contributed by atoms with van der Waals surface area (Å²) in [6.07, 6.45) is 5.83. The number of anilines is 1. The molecule has 0 atom stereocenters. The number of pyridine rings is 1. The van der Waals surface area contributed by atoms with Crippen LogP contribution < -0.4 is 10.2 Å². The molecule has 4 nitrogen and oxygen atoms in total. The average molecular weight is 336 g/mol. The topological polar surface area (TPSA) is 45.2 Å². The number of hydrogen-bond donors (Lipinski definition) is 1. The van der Waals surface area contributed by atoms with Crippen molar-refractivity contribution < 1.29 is 4.79 Å². The number of thiophene rings is 1. The van der Waals surface area contributed by atoms with Gasteiger partial charge in [-0.2, -0.15) is 0 Å². The monoisotopic (exact) mass is 335 g/mol. The van der Waals surface area contributed by atoms with E-state index in [0.717, 1.165) is 32.5 Å². The highest BCUT2D eigenvalue weighted by molar-refractivity contribution is 7.14. The minimum Gasteiger partial charge on any atom is -0.371 e. The second-order valence-corrected chi connectivity index (χ2v) is 7.03. The molecule has 0 saturated carbocycles. The largest absolute Gasteiger partial charge is 0.371 e. The third-order valence-electron chi connectivity index (χ3n) is 4.02. The lowest BCUT2D eigenvalue weighted by atomic mass is 9.96. The van der Waals surface area contributed by atoms with Crippen LogP contribution in [-0.4, -0.2) is 30.5 Å². The van der Waals surface area contributed by atoms with Crippen molar-refractivity contribution in [3.63, 3.8) is 0 Å². The predicted octanol–water partition coefficient (Wildman–Crippen LogP) is 3.44. The highest BCUT2D eigenvalue weighted by Gasteiger charge is 2.20. The highest BCUT2D eigenvalue weighted by atomic mass is 35.5. The normalized spacial score (nSPS) is 15.8. The molecule has 0 aliphatic carbocycles. The van der Waals surface area contributed by atoms with Crippen LogP contribution in [0.4, 0.5) is 5.69 Å². The maximum Gasteiger partial charge on any atom is 0.252 e. The Bertz CT molecular complexity index is 623. The molecule has 1 aliphatic rings. The number of piperidine rings is 1. The molecule has 1 N–H and O–H groups in total. The van der Waals surface area contributed by atoms with E-state index in [-0.39, 0.29) is 5.91 Å². The Hall–Kier alpha value is -1.59. The summed E-state index contributed by atoms with van der Waals surface area (Å²) >= 11 is 7.24. The maximum atomic E-state index is 12.0. The summed E-state index contributed by atoms with van der Waals surface area (Å²) in [5.41, 5.74) is 1.88. The molecule has 1 fully saturated rings. The Morgan fingerprint density at radius 2 is 2.09 bits per heavy atom. The van der Waals surface area contributed by atoms with Crippen molar-refractivity contribution in [2.45, 2.75) is 12.8 Å². The van der Waals surface area contributed by atoms with Crippen molar-refractivity contribution in [3.05, 3.63) is 45.9 Å². The van der Waals surface area contributed by atoms with Crippen LogP contribution in [-0.2, 0) is 0 Å². The fourth-order valence-corrected chi connectivity index (χ4v) is 3.58. The molecule has 0 unspecified atom stereocenters. The maximum absolute atomic E-state index is 12.0. The van der Waals surface area contributed by atoms with E-state index in [1.54, 1.807) is 11.4 Å². The molecule has 0 bridgehead atoms. The van der Waals surface area contributed by atoms with Crippen LogP contribution in [0.5, 0.6) is 0 Å². The number of halogens is 1. The summed E-state index contributed by atoms with van der Waals surface area (Å²) in [7, 11) is 0. The molecule has 2 aromatic heterocycles. The van der Waals surface area contributed by atoms with Crippen LogP contribution in [0.25, 0.3) is 0 Å². The predicted molar refractivity (Wildman–Crippen MR) is 90.8 cm³/mol. The molecule has 22 heavy (non-hydrogen) atoms. The zero-order valence-corrected chi connectivity index (χ0v) is 13.7. The van der Waals surface area contributed by atoms with Gasteiger partial charge < -0.3 is 10.2 Å². The number of nitrogens with zero attached hydrogens (tertiary/aromatic N) is 2. The van der Waals surface area contributed by atoms with Crippen LogP contribution >= 0.6 is 22.9 Å². The van der Waals surface area contributed by atoms with Gasteiger partial charge in [0.25, 0.3) is 5.91 Å².